The zero-order valence-corrected chi connectivity index (χ0v) is 18.6. The second kappa shape index (κ2) is 9.71. The molecular formula is C24H31FN4O3. The molecule has 0 spiro atoms. The molecule has 2 aliphatic carbocycles. The van der Waals surface area contributed by atoms with Gasteiger partial charge in [0.05, 0.1) is 18.4 Å². The highest BCUT2D eigenvalue weighted by Crippen LogP contribution is 2.52. The predicted octanol–water partition coefficient (Wildman–Crippen LogP) is 2.35. The molecule has 172 valence electrons. The van der Waals surface area contributed by atoms with E-state index in [0.717, 1.165) is 6.42 Å². The number of halogens is 1. The molecule has 2 fully saturated rings. The number of fused-ring (bicyclic) bond motifs is 5. The molecule has 1 aliphatic heterocycles. The minimum Gasteiger partial charge on any atom is -0.485 e. The summed E-state index contributed by atoms with van der Waals surface area (Å²) in [6.07, 6.45) is 5.54. The Morgan fingerprint density at radius 2 is 1.84 bits per heavy atom. The van der Waals surface area contributed by atoms with E-state index in [0.29, 0.717) is 38.6 Å². The number of nitrogens with zero attached hydrogens (tertiary/aromatic N) is 2. The van der Waals surface area contributed by atoms with Crippen LogP contribution in [0.15, 0.2) is 41.4 Å². The molecule has 4 rings (SSSR count). The number of amides is 2. The maximum Gasteiger partial charge on any atom is 0.233 e. The molecule has 5 atom stereocenters. The van der Waals surface area contributed by atoms with E-state index in [1.165, 1.54) is 11.0 Å². The van der Waals surface area contributed by atoms with Gasteiger partial charge in [-0.25, -0.2) is 9.38 Å². The summed E-state index contributed by atoms with van der Waals surface area (Å²) in [5.41, 5.74) is 0. The summed E-state index contributed by atoms with van der Waals surface area (Å²) in [4.78, 5) is 31.6. The van der Waals surface area contributed by atoms with Crippen LogP contribution in [0.3, 0.4) is 0 Å². The number of aliphatic imine (C=N–C) groups is 1. The van der Waals surface area contributed by atoms with Gasteiger partial charge in [-0.15, -0.1) is 0 Å². The summed E-state index contributed by atoms with van der Waals surface area (Å²) < 4.78 is 19.6. The molecule has 1 saturated heterocycles. The van der Waals surface area contributed by atoms with Crippen LogP contribution in [0, 0.1) is 29.5 Å². The number of hydrogen-bond donors (Lipinski definition) is 2. The third kappa shape index (κ3) is 4.36. The van der Waals surface area contributed by atoms with Crippen molar-refractivity contribution in [2.45, 2.75) is 32.8 Å². The van der Waals surface area contributed by atoms with Gasteiger partial charge in [-0.1, -0.05) is 31.2 Å². The second-order valence-corrected chi connectivity index (χ2v) is 8.55. The number of imide groups is 1. The van der Waals surface area contributed by atoms with E-state index in [1.807, 2.05) is 13.8 Å². The van der Waals surface area contributed by atoms with Crippen LogP contribution in [0.5, 0.6) is 5.75 Å². The van der Waals surface area contributed by atoms with Crippen LogP contribution in [-0.2, 0) is 9.59 Å². The lowest BCUT2D eigenvalue weighted by Crippen LogP contribution is -2.44. The highest BCUT2D eigenvalue weighted by atomic mass is 19.1. The van der Waals surface area contributed by atoms with Crippen molar-refractivity contribution in [1.29, 1.82) is 0 Å². The lowest BCUT2D eigenvalue weighted by molar-refractivity contribution is -0.140. The fourth-order valence-electron chi connectivity index (χ4n) is 4.97. The lowest BCUT2D eigenvalue weighted by Gasteiger charge is -2.20. The Morgan fingerprint density at radius 1 is 1.16 bits per heavy atom. The number of benzene rings is 1. The number of para-hydroxylation sites is 1. The SMILES string of the molecule is CCNC(=NCC(CC)Oc1ccccc1F)NCCN1C(=O)C2C3C=CC(C3)C2C1=O. The quantitative estimate of drug-likeness (QED) is 0.266. The van der Waals surface area contributed by atoms with Gasteiger partial charge in [0.2, 0.25) is 11.8 Å². The van der Waals surface area contributed by atoms with Gasteiger partial charge in [-0.2, -0.15) is 0 Å². The van der Waals surface area contributed by atoms with Crippen LogP contribution < -0.4 is 15.4 Å². The summed E-state index contributed by atoms with van der Waals surface area (Å²) in [6, 6.07) is 6.33. The predicted molar refractivity (Wildman–Crippen MR) is 120 cm³/mol. The Morgan fingerprint density at radius 3 is 2.47 bits per heavy atom. The topological polar surface area (TPSA) is 83.0 Å². The molecule has 1 heterocycles. The van der Waals surface area contributed by atoms with Gasteiger partial charge in [-0.3, -0.25) is 14.5 Å². The molecule has 1 aromatic rings. The van der Waals surface area contributed by atoms with Crippen LogP contribution in [0.2, 0.25) is 0 Å². The summed E-state index contributed by atoms with van der Waals surface area (Å²) in [7, 11) is 0. The third-order valence-electron chi connectivity index (χ3n) is 6.57. The minimum atomic E-state index is -0.395. The third-order valence-corrected chi connectivity index (χ3v) is 6.57. The number of carbonyl (C=O) groups is 2. The van der Waals surface area contributed by atoms with Crippen molar-refractivity contribution >= 4 is 17.8 Å². The molecule has 2 bridgehead atoms. The van der Waals surface area contributed by atoms with Crippen LogP contribution in [0.1, 0.15) is 26.7 Å². The number of ether oxygens (including phenoxy) is 1. The average Bonchev–Trinajstić information content (AvgIpc) is 3.47. The van der Waals surface area contributed by atoms with E-state index in [1.54, 1.807) is 18.2 Å². The van der Waals surface area contributed by atoms with Gasteiger partial charge in [0.15, 0.2) is 17.5 Å². The molecular weight excluding hydrogens is 411 g/mol. The number of guanidine groups is 1. The molecule has 3 aliphatic rings. The highest BCUT2D eigenvalue weighted by molar-refractivity contribution is 6.06. The highest BCUT2D eigenvalue weighted by Gasteiger charge is 2.58. The minimum absolute atomic E-state index is 0.0371. The molecule has 0 aromatic heterocycles. The van der Waals surface area contributed by atoms with Crippen molar-refractivity contribution < 1.29 is 18.7 Å². The Balaban J connectivity index is 1.30. The van der Waals surface area contributed by atoms with E-state index in [-0.39, 0.29) is 47.3 Å². The number of likely N-dealkylation sites (tertiary alicyclic amines) is 1. The molecule has 1 aromatic carbocycles. The summed E-state index contributed by atoms with van der Waals surface area (Å²) >= 11 is 0. The zero-order valence-electron chi connectivity index (χ0n) is 18.6. The Kier molecular flexibility index (Phi) is 6.77. The monoisotopic (exact) mass is 442 g/mol. The number of allylic oxidation sites excluding steroid dienone is 2. The van der Waals surface area contributed by atoms with Crippen molar-refractivity contribution in [3.63, 3.8) is 0 Å². The van der Waals surface area contributed by atoms with Gasteiger partial charge in [0.25, 0.3) is 0 Å². The van der Waals surface area contributed by atoms with E-state index >= 15 is 0 Å². The first kappa shape index (κ1) is 22.3. The average molecular weight is 443 g/mol. The van der Waals surface area contributed by atoms with Gasteiger partial charge < -0.3 is 15.4 Å². The lowest BCUT2D eigenvalue weighted by atomic mass is 9.85. The largest absolute Gasteiger partial charge is 0.485 e. The molecule has 5 unspecified atom stereocenters. The number of nitrogens with one attached hydrogen (secondary N) is 2. The van der Waals surface area contributed by atoms with Crippen molar-refractivity contribution in [2.24, 2.45) is 28.7 Å². The molecule has 32 heavy (non-hydrogen) atoms. The Hall–Kier alpha value is -2.90. The molecule has 8 heteroatoms. The van der Waals surface area contributed by atoms with Crippen LogP contribution >= 0.6 is 0 Å². The Labute approximate surface area is 188 Å². The molecule has 2 N–H and O–H groups in total. The maximum atomic E-state index is 13.9. The first-order chi connectivity index (χ1) is 15.5. The van der Waals surface area contributed by atoms with Crippen LogP contribution in [-0.4, -0.2) is 55.0 Å². The van der Waals surface area contributed by atoms with E-state index in [4.69, 9.17) is 4.74 Å². The maximum absolute atomic E-state index is 13.9. The normalized spacial score (nSPS) is 27.1. The summed E-state index contributed by atoms with van der Waals surface area (Å²) in [6.45, 7) is 5.67. The number of carbonyl (C=O) groups excluding carboxylic acids is 2. The number of rotatable bonds is 9. The number of hydrogen-bond acceptors (Lipinski definition) is 4. The summed E-state index contributed by atoms with van der Waals surface area (Å²) in [5.74, 6) is 0.428. The first-order valence-electron chi connectivity index (χ1n) is 11.5. The fraction of sp³-hybridized carbons (Fsp3) is 0.542. The van der Waals surface area contributed by atoms with Gasteiger partial charge in [0, 0.05) is 19.6 Å². The Bertz CT molecular complexity index is 888. The fourth-order valence-corrected chi connectivity index (χ4v) is 4.97. The van der Waals surface area contributed by atoms with Crippen LogP contribution in [0.25, 0.3) is 0 Å². The standard InChI is InChI=1S/C24H31FN4O3/c1-3-17(32-19-8-6-5-7-18(19)25)14-28-24(26-4-2)27-11-12-29-22(30)20-15-9-10-16(13-15)21(20)23(29)31/h5-10,15-17,20-21H,3-4,11-14H2,1-2H3,(H2,26,27,28). The molecule has 7 nitrogen and oxygen atoms in total. The molecule has 1 saturated carbocycles. The van der Waals surface area contributed by atoms with Gasteiger partial charge >= 0.3 is 0 Å². The molecule has 2 amide bonds. The molecule has 0 radical (unpaired) electrons. The second-order valence-electron chi connectivity index (χ2n) is 8.55. The summed E-state index contributed by atoms with van der Waals surface area (Å²) in [5, 5.41) is 6.35. The smallest absolute Gasteiger partial charge is 0.233 e. The zero-order chi connectivity index (χ0) is 22.7. The van der Waals surface area contributed by atoms with E-state index < -0.39 is 5.82 Å². The van der Waals surface area contributed by atoms with Crippen molar-refractivity contribution in [3.05, 3.63) is 42.2 Å². The van der Waals surface area contributed by atoms with Crippen molar-refractivity contribution in [3.8, 4) is 5.75 Å². The van der Waals surface area contributed by atoms with Crippen molar-refractivity contribution in [1.82, 2.24) is 15.5 Å². The van der Waals surface area contributed by atoms with E-state index in [9.17, 15) is 14.0 Å². The van der Waals surface area contributed by atoms with Crippen molar-refractivity contribution in [2.75, 3.05) is 26.2 Å². The van der Waals surface area contributed by atoms with Crippen LogP contribution in [0.4, 0.5) is 4.39 Å². The first-order valence-corrected chi connectivity index (χ1v) is 11.5. The van der Waals surface area contributed by atoms with E-state index in [2.05, 4.69) is 27.8 Å². The van der Waals surface area contributed by atoms with Gasteiger partial charge in [-0.05, 0) is 43.7 Å². The van der Waals surface area contributed by atoms with Gasteiger partial charge in [0.1, 0.15) is 6.10 Å².